The fourth-order valence-corrected chi connectivity index (χ4v) is 1.84. The van der Waals surface area contributed by atoms with Crippen molar-refractivity contribution < 1.29 is 23.4 Å². The number of carbonyl (C=O) groups is 1. The molecule has 1 unspecified atom stereocenters. The molecule has 0 aliphatic rings. The maximum absolute atomic E-state index is 13.4. The molecule has 0 aliphatic carbocycles. The lowest BCUT2D eigenvalue weighted by molar-refractivity contribution is -0.131. The number of likely N-dealkylation sites (N-methyl/N-ethyl adjacent to an activating group) is 1. The van der Waals surface area contributed by atoms with Crippen molar-refractivity contribution in [3.8, 4) is 0 Å². The van der Waals surface area contributed by atoms with Gasteiger partial charge in [-0.1, -0.05) is 12.1 Å². The van der Waals surface area contributed by atoms with Crippen molar-refractivity contribution in [2.45, 2.75) is 18.9 Å². The van der Waals surface area contributed by atoms with Gasteiger partial charge in [-0.2, -0.15) is 0 Å². The predicted molar refractivity (Wildman–Crippen MR) is 70.2 cm³/mol. The van der Waals surface area contributed by atoms with Crippen LogP contribution in [0.4, 0.5) is 8.78 Å². The quantitative estimate of drug-likeness (QED) is 0.824. The molecule has 6 heteroatoms. The average molecular weight is 287 g/mol. The predicted octanol–water partition coefficient (Wildman–Crippen LogP) is 1.36. The third-order valence-corrected chi connectivity index (χ3v) is 2.91. The third kappa shape index (κ3) is 4.86. The van der Waals surface area contributed by atoms with Gasteiger partial charge in [-0.25, -0.2) is 8.78 Å². The molecule has 1 rings (SSSR count). The maximum Gasteiger partial charge on any atom is 0.222 e. The van der Waals surface area contributed by atoms with Crippen LogP contribution in [0.2, 0.25) is 0 Å². The Hall–Kier alpha value is -1.53. The first-order valence-corrected chi connectivity index (χ1v) is 6.29. The molecule has 1 atom stereocenters. The van der Waals surface area contributed by atoms with Gasteiger partial charge in [0.05, 0.1) is 12.7 Å². The van der Waals surface area contributed by atoms with Gasteiger partial charge >= 0.3 is 0 Å². The molecule has 0 saturated heterocycles. The van der Waals surface area contributed by atoms with E-state index in [2.05, 4.69) is 0 Å². The number of benzene rings is 1. The van der Waals surface area contributed by atoms with Crippen LogP contribution in [0.3, 0.4) is 0 Å². The van der Waals surface area contributed by atoms with Gasteiger partial charge in [0, 0.05) is 27.1 Å². The zero-order chi connectivity index (χ0) is 15.1. The number of nitrogens with zero attached hydrogens (tertiary/aromatic N) is 1. The summed E-state index contributed by atoms with van der Waals surface area (Å²) in [7, 11) is 3.00. The molecule has 0 aromatic heterocycles. The van der Waals surface area contributed by atoms with Crippen LogP contribution in [0, 0.1) is 11.6 Å². The molecular formula is C14H19F2NO3. The number of amides is 1. The number of methoxy groups -OCH3 is 1. The van der Waals surface area contributed by atoms with Crippen molar-refractivity contribution in [1.82, 2.24) is 4.90 Å². The third-order valence-electron chi connectivity index (χ3n) is 2.91. The van der Waals surface area contributed by atoms with E-state index in [1.54, 1.807) is 7.05 Å². The fourth-order valence-electron chi connectivity index (χ4n) is 1.84. The first-order valence-electron chi connectivity index (χ1n) is 6.29. The summed E-state index contributed by atoms with van der Waals surface area (Å²) in [5, 5.41) is 9.51. The zero-order valence-corrected chi connectivity index (χ0v) is 11.6. The number of hydrogen-bond acceptors (Lipinski definition) is 3. The van der Waals surface area contributed by atoms with Crippen LogP contribution in [-0.4, -0.2) is 49.3 Å². The molecule has 0 saturated carbocycles. The second kappa shape index (κ2) is 7.91. The molecule has 112 valence electrons. The van der Waals surface area contributed by atoms with E-state index in [0.717, 1.165) is 6.07 Å². The Bertz CT molecular complexity index is 454. The van der Waals surface area contributed by atoms with Gasteiger partial charge < -0.3 is 14.7 Å². The molecule has 0 bridgehead atoms. The monoisotopic (exact) mass is 287 g/mol. The van der Waals surface area contributed by atoms with E-state index >= 15 is 0 Å². The molecule has 0 spiro atoms. The van der Waals surface area contributed by atoms with Gasteiger partial charge in [-0.05, 0) is 18.1 Å². The highest BCUT2D eigenvalue weighted by atomic mass is 19.2. The van der Waals surface area contributed by atoms with Gasteiger partial charge in [0.2, 0.25) is 5.91 Å². The van der Waals surface area contributed by atoms with Crippen molar-refractivity contribution in [3.05, 3.63) is 35.4 Å². The second-order valence-electron chi connectivity index (χ2n) is 4.60. The van der Waals surface area contributed by atoms with Gasteiger partial charge in [-0.15, -0.1) is 0 Å². The van der Waals surface area contributed by atoms with Gasteiger partial charge in [-0.3, -0.25) is 4.79 Å². The highest BCUT2D eigenvalue weighted by Crippen LogP contribution is 2.13. The lowest BCUT2D eigenvalue weighted by Gasteiger charge is -2.20. The van der Waals surface area contributed by atoms with Crippen molar-refractivity contribution in [2.75, 3.05) is 27.3 Å². The van der Waals surface area contributed by atoms with E-state index in [9.17, 15) is 18.7 Å². The standard InChI is InChI=1S/C14H19F2NO3/c1-17(8-11(18)9-20-2)13(19)7-6-10-4-3-5-12(15)14(10)16/h3-5,11,18H,6-9H2,1-2H3. The second-order valence-corrected chi connectivity index (χ2v) is 4.60. The first-order chi connectivity index (χ1) is 9.45. The Kier molecular flexibility index (Phi) is 6.54. The molecule has 4 nitrogen and oxygen atoms in total. The van der Waals surface area contributed by atoms with Gasteiger partial charge in [0.15, 0.2) is 11.6 Å². The summed E-state index contributed by atoms with van der Waals surface area (Å²) in [5.41, 5.74) is 0.171. The number of hydrogen-bond donors (Lipinski definition) is 1. The Morgan fingerprint density at radius 3 is 2.80 bits per heavy atom. The maximum atomic E-state index is 13.4. The number of aliphatic hydroxyl groups excluding tert-OH is 1. The van der Waals surface area contributed by atoms with Crippen molar-refractivity contribution in [3.63, 3.8) is 0 Å². The van der Waals surface area contributed by atoms with Crippen LogP contribution in [0.15, 0.2) is 18.2 Å². The highest BCUT2D eigenvalue weighted by Gasteiger charge is 2.15. The van der Waals surface area contributed by atoms with E-state index in [-0.39, 0.29) is 37.5 Å². The number of ether oxygens (including phenoxy) is 1. The SMILES string of the molecule is COCC(O)CN(C)C(=O)CCc1cccc(F)c1F. The Balaban J connectivity index is 2.48. The lowest BCUT2D eigenvalue weighted by atomic mass is 10.1. The molecular weight excluding hydrogens is 268 g/mol. The normalized spacial score (nSPS) is 12.2. The Labute approximate surface area is 117 Å². The fraction of sp³-hybridized carbons (Fsp3) is 0.500. The highest BCUT2D eigenvalue weighted by molar-refractivity contribution is 5.76. The summed E-state index contributed by atoms with van der Waals surface area (Å²) < 4.78 is 31.2. The van der Waals surface area contributed by atoms with E-state index in [1.807, 2.05) is 0 Å². The Morgan fingerprint density at radius 1 is 1.45 bits per heavy atom. The van der Waals surface area contributed by atoms with Crippen molar-refractivity contribution >= 4 is 5.91 Å². The lowest BCUT2D eigenvalue weighted by Crippen LogP contribution is -2.36. The largest absolute Gasteiger partial charge is 0.389 e. The number of halogens is 2. The molecule has 1 aromatic carbocycles. The van der Waals surface area contributed by atoms with Crippen LogP contribution in [0.1, 0.15) is 12.0 Å². The zero-order valence-electron chi connectivity index (χ0n) is 11.6. The summed E-state index contributed by atoms with van der Waals surface area (Å²) in [6.07, 6.45) is -0.594. The minimum atomic E-state index is -0.918. The molecule has 20 heavy (non-hydrogen) atoms. The summed E-state index contributed by atoms with van der Waals surface area (Å²) >= 11 is 0. The number of aliphatic hydroxyl groups is 1. The molecule has 1 amide bonds. The van der Waals surface area contributed by atoms with Crippen molar-refractivity contribution in [2.24, 2.45) is 0 Å². The van der Waals surface area contributed by atoms with Crippen LogP contribution < -0.4 is 0 Å². The summed E-state index contributed by atoms with van der Waals surface area (Å²) in [5.74, 6) is -2.08. The van der Waals surface area contributed by atoms with Crippen LogP contribution in [0.5, 0.6) is 0 Å². The molecule has 0 radical (unpaired) electrons. The molecule has 0 heterocycles. The van der Waals surface area contributed by atoms with E-state index < -0.39 is 17.7 Å². The van der Waals surface area contributed by atoms with Crippen LogP contribution >= 0.6 is 0 Å². The van der Waals surface area contributed by atoms with E-state index in [1.165, 1.54) is 24.1 Å². The molecule has 1 aromatic rings. The van der Waals surface area contributed by atoms with E-state index in [0.29, 0.717) is 0 Å². The minimum absolute atomic E-state index is 0.0522. The van der Waals surface area contributed by atoms with Crippen LogP contribution in [-0.2, 0) is 16.0 Å². The van der Waals surface area contributed by atoms with Gasteiger partial charge in [0.25, 0.3) is 0 Å². The van der Waals surface area contributed by atoms with Gasteiger partial charge in [0.1, 0.15) is 0 Å². The molecule has 1 N–H and O–H groups in total. The number of aryl methyl sites for hydroxylation is 1. The van der Waals surface area contributed by atoms with Crippen molar-refractivity contribution in [1.29, 1.82) is 0 Å². The topological polar surface area (TPSA) is 49.8 Å². The Morgan fingerprint density at radius 2 is 2.15 bits per heavy atom. The first kappa shape index (κ1) is 16.5. The smallest absolute Gasteiger partial charge is 0.222 e. The van der Waals surface area contributed by atoms with Crippen LogP contribution in [0.25, 0.3) is 0 Å². The molecule has 0 aliphatic heterocycles. The summed E-state index contributed by atoms with van der Waals surface area (Å²) in [6, 6.07) is 3.89. The van der Waals surface area contributed by atoms with E-state index in [4.69, 9.17) is 4.74 Å². The number of carbonyl (C=O) groups excluding carboxylic acids is 1. The average Bonchev–Trinajstić information content (AvgIpc) is 2.40. The minimum Gasteiger partial charge on any atom is -0.389 e. The summed E-state index contributed by atoms with van der Waals surface area (Å²) in [4.78, 5) is 13.2. The summed E-state index contributed by atoms with van der Waals surface area (Å²) in [6.45, 7) is 0.272. The number of rotatable bonds is 7. The molecule has 0 fully saturated rings.